The first kappa shape index (κ1) is 10.4. The topological polar surface area (TPSA) is 76.7 Å². The normalized spacial score (nSPS) is 13.9. The second-order valence-corrected chi connectivity index (χ2v) is 3.45. The van der Waals surface area contributed by atoms with Gasteiger partial charge in [-0.25, -0.2) is 5.01 Å². The molecule has 6 nitrogen and oxygen atoms in total. The Kier molecular flexibility index (Phi) is 3.35. The molecule has 0 N–H and O–H groups in total. The van der Waals surface area contributed by atoms with Crippen LogP contribution in [0.5, 0.6) is 0 Å². The van der Waals surface area contributed by atoms with Crippen molar-refractivity contribution in [3.8, 4) is 0 Å². The summed E-state index contributed by atoms with van der Waals surface area (Å²) in [5.74, 6) is 0. The number of azide groups is 1. The summed E-state index contributed by atoms with van der Waals surface area (Å²) in [7, 11) is 0. The Morgan fingerprint density at radius 3 is 2.81 bits per heavy atom. The zero-order chi connectivity index (χ0) is 11.2. The van der Waals surface area contributed by atoms with E-state index in [0.29, 0.717) is 6.54 Å². The van der Waals surface area contributed by atoms with Crippen LogP contribution in [0.3, 0.4) is 0 Å². The minimum absolute atomic E-state index is 0.499. The number of benzene rings is 1. The number of hydrogen-bond acceptors (Lipinski definition) is 4. The molecule has 0 unspecified atom stereocenters. The number of anilines is 1. The molecule has 0 spiro atoms. The summed E-state index contributed by atoms with van der Waals surface area (Å²) < 4.78 is 0. The molecule has 0 bridgehead atoms. The van der Waals surface area contributed by atoms with Gasteiger partial charge in [0.05, 0.1) is 18.8 Å². The molecule has 0 atom stereocenters. The fraction of sp³-hybridized carbons (Fsp3) is 0.400. The summed E-state index contributed by atoms with van der Waals surface area (Å²) in [6.07, 6.45) is 0.770. The molecule has 1 aliphatic heterocycles. The van der Waals surface area contributed by atoms with Crippen LogP contribution in [-0.2, 0) is 6.42 Å². The van der Waals surface area contributed by atoms with Crippen LogP contribution in [0.2, 0.25) is 0 Å². The highest BCUT2D eigenvalue weighted by Gasteiger charge is 2.08. The van der Waals surface area contributed by atoms with Crippen LogP contribution >= 0.6 is 0 Å². The van der Waals surface area contributed by atoms with Gasteiger partial charge in [0, 0.05) is 11.5 Å². The van der Waals surface area contributed by atoms with E-state index in [9.17, 15) is 0 Å². The fourth-order valence-corrected chi connectivity index (χ4v) is 1.54. The molecule has 82 valence electrons. The lowest BCUT2D eigenvalue weighted by atomic mass is 10.1. The van der Waals surface area contributed by atoms with Gasteiger partial charge in [0.15, 0.2) is 0 Å². The third-order valence-electron chi connectivity index (χ3n) is 2.38. The Morgan fingerprint density at radius 1 is 1.38 bits per heavy atom. The molecular weight excluding hydrogens is 204 g/mol. The van der Waals surface area contributed by atoms with Crippen LogP contribution in [0.15, 0.2) is 39.7 Å². The van der Waals surface area contributed by atoms with E-state index >= 15 is 0 Å². The van der Waals surface area contributed by atoms with E-state index in [2.05, 4.69) is 20.4 Å². The van der Waals surface area contributed by atoms with Crippen LogP contribution in [0, 0.1) is 0 Å². The van der Waals surface area contributed by atoms with Crippen molar-refractivity contribution in [2.45, 2.75) is 6.42 Å². The molecule has 0 radical (unpaired) electrons. The average molecular weight is 216 g/mol. The van der Waals surface area contributed by atoms with Crippen molar-refractivity contribution in [2.75, 3.05) is 24.6 Å². The van der Waals surface area contributed by atoms with E-state index < -0.39 is 0 Å². The van der Waals surface area contributed by atoms with Crippen molar-refractivity contribution < 1.29 is 0 Å². The lowest BCUT2D eigenvalue weighted by Gasteiger charge is -2.11. The molecule has 0 saturated heterocycles. The van der Waals surface area contributed by atoms with Gasteiger partial charge in [-0.05, 0) is 29.6 Å². The van der Waals surface area contributed by atoms with E-state index in [4.69, 9.17) is 5.53 Å². The van der Waals surface area contributed by atoms with Gasteiger partial charge in [0.1, 0.15) is 0 Å². The zero-order valence-electron chi connectivity index (χ0n) is 8.82. The molecule has 0 amide bonds. The summed E-state index contributed by atoms with van der Waals surface area (Å²) in [5, 5.41) is 13.3. The molecule has 0 fully saturated rings. The summed E-state index contributed by atoms with van der Waals surface area (Å²) in [6.45, 7) is 2.11. The average Bonchev–Trinajstić information content (AvgIpc) is 2.84. The van der Waals surface area contributed by atoms with Crippen LogP contribution in [-0.4, -0.2) is 19.6 Å². The summed E-state index contributed by atoms with van der Waals surface area (Å²) in [5.41, 5.74) is 10.4. The maximum Gasteiger partial charge on any atom is 0.0817 e. The molecular formula is C10H12N6. The van der Waals surface area contributed by atoms with Crippen molar-refractivity contribution in [3.05, 3.63) is 40.3 Å². The lowest BCUT2D eigenvalue weighted by Crippen LogP contribution is -2.13. The van der Waals surface area contributed by atoms with Gasteiger partial charge >= 0.3 is 0 Å². The van der Waals surface area contributed by atoms with Crippen LogP contribution in [0.1, 0.15) is 5.56 Å². The first-order valence-electron chi connectivity index (χ1n) is 5.15. The quantitative estimate of drug-likeness (QED) is 0.433. The van der Waals surface area contributed by atoms with Gasteiger partial charge in [-0.15, -0.1) is 0 Å². The van der Waals surface area contributed by atoms with Crippen molar-refractivity contribution in [1.29, 1.82) is 0 Å². The van der Waals surface area contributed by atoms with Gasteiger partial charge in [0.2, 0.25) is 0 Å². The molecule has 0 saturated carbocycles. The molecule has 2 rings (SSSR count). The maximum absolute atomic E-state index is 8.16. The Morgan fingerprint density at radius 2 is 2.19 bits per heavy atom. The van der Waals surface area contributed by atoms with Crippen molar-refractivity contribution in [1.82, 2.24) is 0 Å². The highest BCUT2D eigenvalue weighted by molar-refractivity contribution is 5.47. The van der Waals surface area contributed by atoms with Crippen LogP contribution in [0.4, 0.5) is 5.69 Å². The Balaban J connectivity index is 1.98. The van der Waals surface area contributed by atoms with Gasteiger partial charge in [-0.3, -0.25) is 0 Å². The predicted octanol–water partition coefficient (Wildman–Crippen LogP) is 2.73. The molecule has 6 heteroatoms. The molecule has 1 aromatic carbocycles. The standard InChI is InChI=1S/C10H12N6/c11-14-12-6-5-9-1-3-10(4-2-9)16-8-7-13-15-16/h1-4H,5-8H2. The van der Waals surface area contributed by atoms with Crippen molar-refractivity contribution in [3.63, 3.8) is 0 Å². The number of hydrogen-bond donors (Lipinski definition) is 0. The highest BCUT2D eigenvalue weighted by atomic mass is 15.6. The Labute approximate surface area is 93.2 Å². The largest absolute Gasteiger partial charge is 0.245 e. The summed E-state index contributed by atoms with van der Waals surface area (Å²) >= 11 is 0. The zero-order valence-corrected chi connectivity index (χ0v) is 8.82. The summed E-state index contributed by atoms with van der Waals surface area (Å²) in [6, 6.07) is 8.07. The maximum atomic E-state index is 8.16. The van der Waals surface area contributed by atoms with Gasteiger partial charge < -0.3 is 0 Å². The first-order valence-corrected chi connectivity index (χ1v) is 5.15. The number of nitrogens with zero attached hydrogens (tertiary/aromatic N) is 6. The summed E-state index contributed by atoms with van der Waals surface area (Å²) in [4.78, 5) is 2.72. The lowest BCUT2D eigenvalue weighted by molar-refractivity contribution is 0.933. The van der Waals surface area contributed by atoms with Crippen LogP contribution < -0.4 is 5.01 Å². The molecule has 1 heterocycles. The van der Waals surface area contributed by atoms with E-state index in [1.54, 1.807) is 0 Å². The molecule has 0 aromatic heterocycles. The molecule has 16 heavy (non-hydrogen) atoms. The fourth-order valence-electron chi connectivity index (χ4n) is 1.54. The first-order chi connectivity index (χ1) is 7.90. The predicted molar refractivity (Wildman–Crippen MR) is 61.2 cm³/mol. The van der Waals surface area contributed by atoms with E-state index in [-0.39, 0.29) is 0 Å². The monoisotopic (exact) mass is 216 g/mol. The third-order valence-corrected chi connectivity index (χ3v) is 2.38. The molecule has 0 aliphatic carbocycles. The second kappa shape index (κ2) is 5.14. The van der Waals surface area contributed by atoms with Crippen molar-refractivity contribution in [2.24, 2.45) is 15.5 Å². The highest BCUT2D eigenvalue weighted by Crippen LogP contribution is 2.18. The second-order valence-electron chi connectivity index (χ2n) is 3.45. The third kappa shape index (κ3) is 2.49. The molecule has 1 aliphatic rings. The SMILES string of the molecule is [N-]=[N+]=NCCc1ccc(N2CCN=N2)cc1. The minimum atomic E-state index is 0.499. The van der Waals surface area contributed by atoms with Gasteiger partial charge in [0.25, 0.3) is 0 Å². The Bertz CT molecular complexity index is 417. The number of rotatable bonds is 4. The van der Waals surface area contributed by atoms with Crippen molar-refractivity contribution >= 4 is 5.69 Å². The van der Waals surface area contributed by atoms with E-state index in [0.717, 1.165) is 30.8 Å². The molecule has 1 aromatic rings. The smallest absolute Gasteiger partial charge is 0.0817 e. The Hall–Kier alpha value is -2.07. The van der Waals surface area contributed by atoms with Gasteiger partial charge in [-0.2, -0.15) is 5.11 Å². The van der Waals surface area contributed by atoms with Crippen LogP contribution in [0.25, 0.3) is 10.4 Å². The minimum Gasteiger partial charge on any atom is -0.245 e. The van der Waals surface area contributed by atoms with Gasteiger partial charge in [-0.1, -0.05) is 22.5 Å². The van der Waals surface area contributed by atoms with E-state index in [1.807, 2.05) is 29.3 Å². The van der Waals surface area contributed by atoms with E-state index in [1.165, 1.54) is 0 Å².